The van der Waals surface area contributed by atoms with E-state index in [9.17, 15) is 8.42 Å². The van der Waals surface area contributed by atoms with Gasteiger partial charge in [0, 0.05) is 25.2 Å². The number of nitrogens with zero attached hydrogens (tertiary/aromatic N) is 1. The molecule has 0 spiro atoms. The van der Waals surface area contributed by atoms with Gasteiger partial charge in [0.05, 0.1) is 6.54 Å². The van der Waals surface area contributed by atoms with Crippen molar-refractivity contribution in [3.8, 4) is 11.8 Å². The number of rotatable bonds is 4. The van der Waals surface area contributed by atoms with Gasteiger partial charge >= 0.3 is 0 Å². The molecule has 0 aromatic heterocycles. The smallest absolute Gasteiger partial charge is 0.279 e. The molecule has 5 nitrogen and oxygen atoms in total. The molecule has 1 aromatic carbocycles. The fraction of sp³-hybridized carbons (Fsp3) is 0.467. The lowest BCUT2D eigenvalue weighted by molar-refractivity contribution is 0.341. The fourth-order valence-electron chi connectivity index (χ4n) is 2.23. The number of nitrogens with one attached hydrogen (secondary N) is 1. The van der Waals surface area contributed by atoms with Gasteiger partial charge in [-0.2, -0.15) is 17.4 Å². The third-order valence-electron chi connectivity index (χ3n) is 3.40. The summed E-state index contributed by atoms with van der Waals surface area (Å²) >= 11 is 0. The minimum absolute atomic E-state index is 0.295. The summed E-state index contributed by atoms with van der Waals surface area (Å²) in [7, 11) is -3.37. The zero-order chi connectivity index (χ0) is 15.1. The molecule has 1 saturated heterocycles. The molecule has 6 heteroatoms. The number of nitrogens with two attached hydrogens (primary N) is 1. The van der Waals surface area contributed by atoms with Crippen LogP contribution < -0.4 is 10.5 Å². The van der Waals surface area contributed by atoms with Gasteiger partial charge in [0.1, 0.15) is 0 Å². The van der Waals surface area contributed by atoms with Crippen LogP contribution in [-0.2, 0) is 16.8 Å². The van der Waals surface area contributed by atoms with Crippen molar-refractivity contribution in [2.24, 2.45) is 5.73 Å². The highest BCUT2D eigenvalue weighted by molar-refractivity contribution is 7.87. The highest BCUT2D eigenvalue weighted by atomic mass is 32.2. The maximum absolute atomic E-state index is 12.1. The summed E-state index contributed by atoms with van der Waals surface area (Å²) in [5, 5.41) is 0. The summed E-state index contributed by atoms with van der Waals surface area (Å²) in [5.41, 5.74) is 7.11. The molecule has 21 heavy (non-hydrogen) atoms. The number of hydrogen-bond donors (Lipinski definition) is 2. The first-order chi connectivity index (χ1) is 10.1. The second-order valence-corrected chi connectivity index (χ2v) is 6.74. The average molecular weight is 307 g/mol. The molecule has 1 heterocycles. The quantitative estimate of drug-likeness (QED) is 0.809. The molecule has 2 rings (SSSR count). The van der Waals surface area contributed by atoms with Crippen LogP contribution in [0.25, 0.3) is 0 Å². The molecule has 1 aliphatic rings. The molecule has 0 amide bonds. The normalized spacial score (nSPS) is 16.2. The van der Waals surface area contributed by atoms with Gasteiger partial charge in [-0.05, 0) is 30.5 Å². The van der Waals surface area contributed by atoms with E-state index in [1.54, 1.807) is 0 Å². The van der Waals surface area contributed by atoms with Crippen LogP contribution in [0.15, 0.2) is 24.3 Å². The van der Waals surface area contributed by atoms with Crippen LogP contribution in [0, 0.1) is 11.8 Å². The first-order valence-corrected chi connectivity index (χ1v) is 8.58. The third kappa shape index (κ3) is 4.83. The van der Waals surface area contributed by atoms with Crippen LogP contribution in [0.1, 0.15) is 30.4 Å². The van der Waals surface area contributed by atoms with Crippen LogP contribution in [0.3, 0.4) is 0 Å². The molecule has 3 N–H and O–H groups in total. The van der Waals surface area contributed by atoms with Crippen LogP contribution in [-0.4, -0.2) is 32.4 Å². The molecule has 0 radical (unpaired) electrons. The van der Waals surface area contributed by atoms with Gasteiger partial charge in [-0.1, -0.05) is 30.4 Å². The van der Waals surface area contributed by atoms with Crippen LogP contribution >= 0.6 is 0 Å². The Kier molecular flexibility index (Phi) is 5.76. The van der Waals surface area contributed by atoms with E-state index in [2.05, 4.69) is 16.6 Å². The Labute approximate surface area is 126 Å². The Morgan fingerprint density at radius 1 is 1.14 bits per heavy atom. The van der Waals surface area contributed by atoms with Gasteiger partial charge in [-0.15, -0.1) is 0 Å². The molecule has 0 aliphatic carbocycles. The minimum atomic E-state index is -3.37. The lowest BCUT2D eigenvalue weighted by Crippen LogP contribution is -2.43. The van der Waals surface area contributed by atoms with E-state index in [0.29, 0.717) is 26.2 Å². The standard InChI is InChI=1S/C15H21N3O2S/c16-10-4-5-14-6-8-15(9-7-14)13-17-21(19,20)18-11-2-1-3-12-18/h6-9,17H,1-3,10-13,16H2. The predicted octanol–water partition coefficient (Wildman–Crippen LogP) is 0.817. The van der Waals surface area contributed by atoms with Gasteiger partial charge in [-0.3, -0.25) is 0 Å². The Morgan fingerprint density at radius 2 is 1.81 bits per heavy atom. The van der Waals surface area contributed by atoms with Gasteiger partial charge < -0.3 is 5.73 Å². The molecule has 0 saturated carbocycles. The Morgan fingerprint density at radius 3 is 2.43 bits per heavy atom. The maximum atomic E-state index is 12.1. The van der Waals surface area contributed by atoms with E-state index in [1.165, 1.54) is 4.31 Å². The van der Waals surface area contributed by atoms with Crippen LogP contribution in [0.4, 0.5) is 0 Å². The van der Waals surface area contributed by atoms with E-state index < -0.39 is 10.2 Å². The fourth-order valence-corrected chi connectivity index (χ4v) is 3.50. The summed E-state index contributed by atoms with van der Waals surface area (Å²) in [6.07, 6.45) is 2.99. The highest BCUT2D eigenvalue weighted by Crippen LogP contribution is 2.12. The summed E-state index contributed by atoms with van der Waals surface area (Å²) < 4.78 is 28.5. The van der Waals surface area contributed by atoms with Crippen molar-refractivity contribution < 1.29 is 8.42 Å². The van der Waals surface area contributed by atoms with Crippen molar-refractivity contribution in [2.45, 2.75) is 25.8 Å². The summed E-state index contributed by atoms with van der Waals surface area (Å²) in [6, 6.07) is 7.49. The molecular weight excluding hydrogens is 286 g/mol. The third-order valence-corrected chi connectivity index (χ3v) is 4.96. The molecule has 0 unspecified atom stereocenters. The molecule has 1 aliphatic heterocycles. The SMILES string of the molecule is NCC#Cc1ccc(CNS(=O)(=O)N2CCCCC2)cc1. The molecule has 1 fully saturated rings. The van der Waals surface area contributed by atoms with Crippen molar-refractivity contribution in [1.82, 2.24) is 9.03 Å². The monoisotopic (exact) mass is 307 g/mol. The molecule has 114 valence electrons. The minimum Gasteiger partial charge on any atom is -0.320 e. The Hall–Kier alpha value is -1.39. The van der Waals surface area contributed by atoms with Crippen molar-refractivity contribution in [3.05, 3.63) is 35.4 Å². The molecule has 0 bridgehead atoms. The predicted molar refractivity (Wildman–Crippen MR) is 83.6 cm³/mol. The average Bonchev–Trinajstić information content (AvgIpc) is 2.53. The first-order valence-electron chi connectivity index (χ1n) is 7.14. The summed E-state index contributed by atoms with van der Waals surface area (Å²) in [4.78, 5) is 0. The lowest BCUT2D eigenvalue weighted by atomic mass is 10.1. The van der Waals surface area contributed by atoms with Crippen molar-refractivity contribution in [3.63, 3.8) is 0 Å². The molecular formula is C15H21N3O2S. The summed E-state index contributed by atoms with van der Waals surface area (Å²) in [5.74, 6) is 5.72. The van der Waals surface area contributed by atoms with Crippen molar-refractivity contribution >= 4 is 10.2 Å². The number of hydrogen-bond acceptors (Lipinski definition) is 3. The number of piperidine rings is 1. The zero-order valence-electron chi connectivity index (χ0n) is 12.0. The van der Waals surface area contributed by atoms with Crippen LogP contribution in [0.2, 0.25) is 0 Å². The first kappa shape index (κ1) is 16.0. The zero-order valence-corrected chi connectivity index (χ0v) is 12.8. The lowest BCUT2D eigenvalue weighted by Gasteiger charge is -2.25. The largest absolute Gasteiger partial charge is 0.320 e. The van der Waals surface area contributed by atoms with Gasteiger partial charge in [0.25, 0.3) is 10.2 Å². The van der Waals surface area contributed by atoms with E-state index in [-0.39, 0.29) is 0 Å². The van der Waals surface area contributed by atoms with E-state index in [4.69, 9.17) is 5.73 Å². The second-order valence-electron chi connectivity index (χ2n) is 4.99. The van der Waals surface area contributed by atoms with E-state index in [0.717, 1.165) is 30.4 Å². The molecule has 1 aromatic rings. The Balaban J connectivity index is 1.92. The Bertz CT molecular complexity index is 609. The van der Waals surface area contributed by atoms with Crippen molar-refractivity contribution in [1.29, 1.82) is 0 Å². The maximum Gasteiger partial charge on any atom is 0.279 e. The molecule has 0 atom stereocenters. The highest BCUT2D eigenvalue weighted by Gasteiger charge is 2.22. The van der Waals surface area contributed by atoms with Gasteiger partial charge in [-0.25, -0.2) is 0 Å². The summed E-state index contributed by atoms with van der Waals surface area (Å²) in [6.45, 7) is 1.85. The number of benzene rings is 1. The van der Waals surface area contributed by atoms with Gasteiger partial charge in [0.2, 0.25) is 0 Å². The topological polar surface area (TPSA) is 75.4 Å². The van der Waals surface area contributed by atoms with Crippen LogP contribution in [0.5, 0.6) is 0 Å². The van der Waals surface area contributed by atoms with Crippen molar-refractivity contribution in [2.75, 3.05) is 19.6 Å². The second kappa shape index (κ2) is 7.57. The van der Waals surface area contributed by atoms with E-state index >= 15 is 0 Å². The van der Waals surface area contributed by atoms with Gasteiger partial charge in [0.15, 0.2) is 0 Å². The van der Waals surface area contributed by atoms with E-state index in [1.807, 2.05) is 24.3 Å².